The summed E-state index contributed by atoms with van der Waals surface area (Å²) in [6, 6.07) is 8.93. The van der Waals surface area contributed by atoms with Gasteiger partial charge in [-0.15, -0.1) is 0 Å². The van der Waals surface area contributed by atoms with Crippen LogP contribution in [0.4, 0.5) is 0 Å². The minimum Gasteiger partial charge on any atom is -0.609 e. The number of rotatable bonds is 2. The van der Waals surface area contributed by atoms with E-state index in [1.807, 2.05) is 30.3 Å². The highest BCUT2D eigenvalue weighted by molar-refractivity contribution is 8.05. The van der Waals surface area contributed by atoms with E-state index in [0.717, 1.165) is 5.56 Å². The van der Waals surface area contributed by atoms with Crippen LogP contribution in [0, 0.1) is 0 Å². The van der Waals surface area contributed by atoms with Crippen LogP contribution in [-0.4, -0.2) is 27.8 Å². The van der Waals surface area contributed by atoms with Crippen molar-refractivity contribution in [3.63, 3.8) is 0 Å². The van der Waals surface area contributed by atoms with E-state index in [1.165, 1.54) is 6.92 Å². The highest BCUT2D eigenvalue weighted by Crippen LogP contribution is 2.25. The number of carbonyl (C=O) groups is 1. The molecular formula is C12H14N2O2S. The molecule has 1 aliphatic heterocycles. The Bertz CT molecular complexity index is 445. The summed E-state index contributed by atoms with van der Waals surface area (Å²) in [6.45, 7) is 1.51. The second kappa shape index (κ2) is 4.89. The molecule has 90 valence electrons. The number of ketones is 1. The van der Waals surface area contributed by atoms with Crippen molar-refractivity contribution >= 4 is 22.1 Å². The van der Waals surface area contributed by atoms with Gasteiger partial charge in [-0.1, -0.05) is 30.3 Å². The molecule has 0 spiro atoms. The fraction of sp³-hybridized carbons (Fsp3) is 0.333. The Hall–Kier alpha value is -1.33. The molecule has 0 aromatic heterocycles. The molecule has 0 aliphatic carbocycles. The zero-order valence-corrected chi connectivity index (χ0v) is 10.5. The van der Waals surface area contributed by atoms with Gasteiger partial charge in [0, 0.05) is 11.2 Å². The van der Waals surface area contributed by atoms with E-state index in [9.17, 15) is 9.35 Å². The van der Waals surface area contributed by atoms with Crippen LogP contribution >= 0.6 is 0 Å². The molecule has 0 amide bonds. The van der Waals surface area contributed by atoms with Crippen LogP contribution < -0.4 is 5.32 Å². The Labute approximate surface area is 103 Å². The minimum atomic E-state index is -1.19. The van der Waals surface area contributed by atoms with Crippen LogP contribution in [0.1, 0.15) is 18.5 Å². The predicted molar refractivity (Wildman–Crippen MR) is 68.3 cm³/mol. The smallest absolute Gasteiger partial charge is 0.312 e. The maximum atomic E-state index is 11.6. The minimum absolute atomic E-state index is 0.0215. The second-order valence-electron chi connectivity index (χ2n) is 3.98. The lowest BCUT2D eigenvalue weighted by Gasteiger charge is -2.16. The van der Waals surface area contributed by atoms with Crippen molar-refractivity contribution in [1.82, 2.24) is 5.32 Å². The first-order valence-corrected chi connectivity index (χ1v) is 6.88. The maximum Gasteiger partial charge on any atom is 0.312 e. The molecule has 2 rings (SSSR count). The van der Waals surface area contributed by atoms with Gasteiger partial charge in [-0.25, -0.2) is 4.99 Å². The largest absolute Gasteiger partial charge is 0.609 e. The van der Waals surface area contributed by atoms with Gasteiger partial charge in [0.1, 0.15) is 12.3 Å². The van der Waals surface area contributed by atoms with Crippen LogP contribution in [0.2, 0.25) is 0 Å². The highest BCUT2D eigenvalue weighted by Gasteiger charge is 2.36. The molecular weight excluding hydrogens is 236 g/mol. The molecule has 3 atom stereocenters. The molecule has 4 nitrogen and oxygen atoms in total. The van der Waals surface area contributed by atoms with Gasteiger partial charge in [-0.3, -0.25) is 4.79 Å². The van der Waals surface area contributed by atoms with Crippen LogP contribution in [0.5, 0.6) is 0 Å². The first kappa shape index (κ1) is 12.1. The van der Waals surface area contributed by atoms with Gasteiger partial charge in [-0.2, -0.15) is 0 Å². The summed E-state index contributed by atoms with van der Waals surface area (Å²) < 4.78 is 11.4. The lowest BCUT2D eigenvalue weighted by molar-refractivity contribution is -0.118. The lowest BCUT2D eigenvalue weighted by atomic mass is 9.98. The van der Waals surface area contributed by atoms with Crippen molar-refractivity contribution in [3.05, 3.63) is 35.9 Å². The summed E-state index contributed by atoms with van der Waals surface area (Å²) in [5.41, 5.74) is 0.983. The predicted octanol–water partition coefficient (Wildman–Crippen LogP) is 1.02. The normalized spacial score (nSPS) is 25.0. The van der Waals surface area contributed by atoms with Gasteiger partial charge in [0.2, 0.25) is 0 Å². The van der Waals surface area contributed by atoms with Gasteiger partial charge in [0.25, 0.3) is 0 Å². The molecule has 0 bridgehead atoms. The number of hydrogen-bond acceptors (Lipinski definition) is 4. The first-order valence-electron chi connectivity index (χ1n) is 5.33. The Morgan fingerprint density at radius 2 is 2.06 bits per heavy atom. The molecule has 0 saturated heterocycles. The zero-order valence-electron chi connectivity index (χ0n) is 9.71. The average molecular weight is 250 g/mol. The molecule has 1 N–H and O–H groups in total. The molecule has 5 heteroatoms. The maximum absolute atomic E-state index is 11.6. The number of benzene rings is 1. The number of nitrogens with one attached hydrogen (secondary N) is 1. The van der Waals surface area contributed by atoms with Crippen LogP contribution in [0.3, 0.4) is 0 Å². The molecule has 0 fully saturated rings. The SMILES string of the molecule is CC(=O)C1N=C([S+](C)[O-])NC1c1ccccc1. The summed E-state index contributed by atoms with van der Waals surface area (Å²) in [6.07, 6.45) is 1.55. The number of amidine groups is 1. The van der Waals surface area contributed by atoms with Gasteiger partial charge in [0.15, 0.2) is 5.78 Å². The molecule has 0 saturated carbocycles. The van der Waals surface area contributed by atoms with E-state index < -0.39 is 17.2 Å². The molecule has 17 heavy (non-hydrogen) atoms. The van der Waals surface area contributed by atoms with Crippen molar-refractivity contribution in [3.8, 4) is 0 Å². The fourth-order valence-corrected chi connectivity index (χ4v) is 2.41. The van der Waals surface area contributed by atoms with Gasteiger partial charge >= 0.3 is 5.17 Å². The Balaban J connectivity index is 2.28. The van der Waals surface area contributed by atoms with Crippen molar-refractivity contribution in [2.24, 2.45) is 4.99 Å². The van der Waals surface area contributed by atoms with Gasteiger partial charge < -0.3 is 9.87 Å². The number of aliphatic imine (C=N–C) groups is 1. The first-order chi connectivity index (χ1) is 8.09. The Morgan fingerprint density at radius 1 is 1.41 bits per heavy atom. The molecule has 3 unspecified atom stereocenters. The molecule has 1 aromatic carbocycles. The zero-order chi connectivity index (χ0) is 12.4. The summed E-state index contributed by atoms with van der Waals surface area (Å²) in [5.74, 6) is -0.0215. The number of Topliss-reactive ketones (excluding diaryl/α,β-unsaturated/α-hetero) is 1. The summed E-state index contributed by atoms with van der Waals surface area (Å²) >= 11 is -1.19. The topological polar surface area (TPSA) is 64.5 Å². The molecule has 0 radical (unpaired) electrons. The van der Waals surface area contributed by atoms with Crippen LogP contribution in [-0.2, 0) is 16.0 Å². The summed E-state index contributed by atoms with van der Waals surface area (Å²) in [4.78, 5) is 15.8. The van der Waals surface area contributed by atoms with Crippen LogP contribution in [0.15, 0.2) is 35.3 Å². The molecule has 1 aromatic rings. The Kier molecular flexibility index (Phi) is 3.49. The van der Waals surface area contributed by atoms with Crippen molar-refractivity contribution in [1.29, 1.82) is 0 Å². The third-order valence-corrected chi connectivity index (χ3v) is 3.47. The van der Waals surface area contributed by atoms with E-state index in [1.54, 1.807) is 6.26 Å². The van der Waals surface area contributed by atoms with Crippen molar-refractivity contribution in [2.45, 2.75) is 19.0 Å². The van der Waals surface area contributed by atoms with Crippen LogP contribution in [0.25, 0.3) is 0 Å². The van der Waals surface area contributed by atoms with Crippen molar-refractivity contribution < 1.29 is 9.35 Å². The van der Waals surface area contributed by atoms with E-state index in [4.69, 9.17) is 0 Å². The second-order valence-corrected chi connectivity index (χ2v) is 5.27. The lowest BCUT2D eigenvalue weighted by Crippen LogP contribution is -2.32. The van der Waals surface area contributed by atoms with Gasteiger partial charge in [0.05, 0.1) is 6.04 Å². The third kappa shape index (κ3) is 2.50. The highest BCUT2D eigenvalue weighted by atomic mass is 32.2. The summed E-state index contributed by atoms with van der Waals surface area (Å²) in [5, 5.41) is 3.47. The van der Waals surface area contributed by atoms with E-state index in [-0.39, 0.29) is 11.8 Å². The third-order valence-electron chi connectivity index (χ3n) is 2.70. The van der Waals surface area contributed by atoms with E-state index in [2.05, 4.69) is 10.3 Å². The molecule has 1 heterocycles. The quantitative estimate of drug-likeness (QED) is 0.797. The monoisotopic (exact) mass is 250 g/mol. The van der Waals surface area contributed by atoms with E-state index in [0.29, 0.717) is 5.17 Å². The fourth-order valence-electron chi connectivity index (χ4n) is 1.86. The number of carbonyl (C=O) groups excluding carboxylic acids is 1. The standard InChI is InChI=1S/C12H14N2O2S/c1-8(15)10-11(9-6-4-3-5-7-9)14-12(13-10)17(2)16/h3-7,10-11H,1-2H3,(H,13,14). The van der Waals surface area contributed by atoms with Crippen molar-refractivity contribution in [2.75, 3.05) is 6.26 Å². The van der Waals surface area contributed by atoms with E-state index >= 15 is 0 Å². The average Bonchev–Trinajstić information content (AvgIpc) is 2.75. The number of hydrogen-bond donors (Lipinski definition) is 1. The summed E-state index contributed by atoms with van der Waals surface area (Å²) in [7, 11) is 0. The Morgan fingerprint density at radius 3 is 2.59 bits per heavy atom. The molecule has 1 aliphatic rings. The number of nitrogens with zero attached hydrogens (tertiary/aromatic N) is 1. The van der Waals surface area contributed by atoms with Gasteiger partial charge in [-0.05, 0) is 12.5 Å².